The molecule has 4 rings (SSSR count). The highest BCUT2D eigenvalue weighted by atomic mass is 19.1. The van der Waals surface area contributed by atoms with Gasteiger partial charge in [-0.05, 0) is 60.2 Å². The van der Waals surface area contributed by atoms with Crippen LogP contribution in [0.3, 0.4) is 0 Å². The normalized spacial score (nSPS) is 12.9. The molecule has 4 aromatic rings. The summed E-state index contributed by atoms with van der Waals surface area (Å²) in [6.07, 6.45) is 0.762. The summed E-state index contributed by atoms with van der Waals surface area (Å²) in [7, 11) is 1.38. The molecular weight excluding hydrogens is 444 g/mol. The van der Waals surface area contributed by atoms with E-state index in [4.69, 9.17) is 9.47 Å². The summed E-state index contributed by atoms with van der Waals surface area (Å²) in [6.45, 7) is -0.637. The molecule has 0 bridgehead atoms. The fourth-order valence-corrected chi connectivity index (χ4v) is 3.68. The summed E-state index contributed by atoms with van der Waals surface area (Å²) in [6, 6.07) is 16.1. The van der Waals surface area contributed by atoms with Crippen LogP contribution in [-0.2, 0) is 9.53 Å². The number of halogens is 2. The molecule has 2 atom stereocenters. The number of amides is 1. The summed E-state index contributed by atoms with van der Waals surface area (Å²) in [5.74, 6) is -0.820. The Kier molecular flexibility index (Phi) is 7.15. The molecule has 0 saturated carbocycles. The van der Waals surface area contributed by atoms with Gasteiger partial charge in [0.2, 0.25) is 5.91 Å². The van der Waals surface area contributed by atoms with Gasteiger partial charge in [0.15, 0.2) is 0 Å². The molecule has 0 spiro atoms. The number of aliphatic hydroxyl groups excluding tert-OH is 1. The first kappa shape index (κ1) is 23.3. The van der Waals surface area contributed by atoms with Crippen LogP contribution in [0, 0.1) is 11.6 Å². The lowest BCUT2D eigenvalue weighted by Gasteiger charge is -2.28. The lowest BCUT2D eigenvalue weighted by atomic mass is 10.0. The monoisotopic (exact) mass is 467 g/mol. The van der Waals surface area contributed by atoms with Gasteiger partial charge in [-0.2, -0.15) is 5.10 Å². The van der Waals surface area contributed by atoms with E-state index in [2.05, 4.69) is 10.4 Å². The van der Waals surface area contributed by atoms with E-state index in [-0.39, 0.29) is 12.4 Å². The molecule has 0 saturated heterocycles. The smallest absolute Gasteiger partial charge is 0.246 e. The maximum atomic E-state index is 14.0. The summed E-state index contributed by atoms with van der Waals surface area (Å²) in [5, 5.41) is 17.8. The number of benzene rings is 3. The number of rotatable bonds is 9. The number of ether oxygens (including phenoxy) is 2. The van der Waals surface area contributed by atoms with Gasteiger partial charge in [-0.25, -0.2) is 13.5 Å². The Bertz CT molecular complexity index is 1280. The molecule has 2 unspecified atom stereocenters. The van der Waals surface area contributed by atoms with Crippen LogP contribution in [0.5, 0.6) is 5.75 Å². The molecule has 0 fully saturated rings. The quantitative estimate of drug-likeness (QED) is 0.393. The summed E-state index contributed by atoms with van der Waals surface area (Å²) >= 11 is 0. The molecule has 0 aliphatic heterocycles. The van der Waals surface area contributed by atoms with E-state index < -0.39 is 30.5 Å². The highest BCUT2D eigenvalue weighted by Gasteiger charge is 2.27. The van der Waals surface area contributed by atoms with E-state index in [9.17, 15) is 18.7 Å². The fourth-order valence-electron chi connectivity index (χ4n) is 3.68. The Morgan fingerprint density at radius 3 is 2.59 bits per heavy atom. The molecule has 34 heavy (non-hydrogen) atoms. The van der Waals surface area contributed by atoms with E-state index in [1.165, 1.54) is 37.4 Å². The molecular formula is C25H23F2N3O4. The molecule has 176 valence electrons. The van der Waals surface area contributed by atoms with Gasteiger partial charge >= 0.3 is 0 Å². The summed E-state index contributed by atoms with van der Waals surface area (Å²) < 4.78 is 39.9. The average molecular weight is 467 g/mol. The van der Waals surface area contributed by atoms with Gasteiger partial charge in [0, 0.05) is 12.5 Å². The Labute approximate surface area is 194 Å². The van der Waals surface area contributed by atoms with Gasteiger partial charge in [-0.1, -0.05) is 12.1 Å². The molecule has 1 heterocycles. The minimum atomic E-state index is -0.883. The number of hydrogen-bond donors (Lipinski definition) is 2. The highest BCUT2D eigenvalue weighted by Crippen LogP contribution is 2.29. The zero-order valence-corrected chi connectivity index (χ0v) is 18.3. The molecule has 0 aliphatic carbocycles. The maximum absolute atomic E-state index is 14.0. The molecule has 9 heteroatoms. The number of aromatic nitrogens is 2. The van der Waals surface area contributed by atoms with Crippen molar-refractivity contribution in [3.63, 3.8) is 0 Å². The highest BCUT2D eigenvalue weighted by molar-refractivity contribution is 5.82. The van der Waals surface area contributed by atoms with Crippen molar-refractivity contribution in [2.75, 3.05) is 20.3 Å². The second-order valence-corrected chi connectivity index (χ2v) is 7.64. The molecule has 7 nitrogen and oxygen atoms in total. The van der Waals surface area contributed by atoms with Crippen molar-refractivity contribution in [3.8, 4) is 11.4 Å². The van der Waals surface area contributed by atoms with Gasteiger partial charge in [0.1, 0.15) is 30.1 Å². The lowest BCUT2D eigenvalue weighted by Crippen LogP contribution is -2.45. The Balaban J connectivity index is 1.65. The number of carbonyl (C=O) groups excluding carboxylic acids is 1. The largest absolute Gasteiger partial charge is 0.483 e. The standard InChI is InChI=1S/C25H23F2N3O4/c1-33-15-24(32)29-22(14-31)25(16-3-2-4-19(27)11-16)34-21-9-10-23-17(12-21)13-28-30(23)20-7-5-18(26)6-8-20/h2-13,22,25,31H,14-15H2,1H3,(H,29,32). The number of nitrogens with one attached hydrogen (secondary N) is 1. The minimum absolute atomic E-state index is 0.194. The van der Waals surface area contributed by atoms with Crippen LogP contribution in [0.1, 0.15) is 11.7 Å². The van der Waals surface area contributed by atoms with Crippen molar-refractivity contribution >= 4 is 16.8 Å². The third-order valence-corrected chi connectivity index (χ3v) is 5.23. The minimum Gasteiger partial charge on any atom is -0.483 e. The second-order valence-electron chi connectivity index (χ2n) is 7.64. The topological polar surface area (TPSA) is 85.6 Å². The number of aliphatic hydroxyl groups is 1. The van der Waals surface area contributed by atoms with Gasteiger partial charge in [-0.15, -0.1) is 0 Å². The first-order valence-corrected chi connectivity index (χ1v) is 10.5. The molecule has 3 aromatic carbocycles. The van der Waals surface area contributed by atoms with E-state index in [1.54, 1.807) is 47.3 Å². The number of carbonyl (C=O) groups is 1. The fraction of sp³-hybridized carbons (Fsp3) is 0.200. The number of methoxy groups -OCH3 is 1. The molecule has 2 N–H and O–H groups in total. The van der Waals surface area contributed by atoms with Crippen LogP contribution in [0.25, 0.3) is 16.6 Å². The van der Waals surface area contributed by atoms with Crippen molar-refractivity contribution in [1.82, 2.24) is 15.1 Å². The maximum Gasteiger partial charge on any atom is 0.246 e. The SMILES string of the molecule is COCC(=O)NC(CO)C(Oc1ccc2c(cnn2-c2ccc(F)cc2)c1)c1cccc(F)c1. The Morgan fingerprint density at radius 2 is 1.88 bits per heavy atom. The molecule has 0 aliphatic rings. The zero-order valence-electron chi connectivity index (χ0n) is 18.3. The second kappa shape index (κ2) is 10.4. The van der Waals surface area contributed by atoms with E-state index in [0.29, 0.717) is 17.0 Å². The van der Waals surface area contributed by atoms with Gasteiger partial charge in [0.25, 0.3) is 0 Å². The predicted octanol–water partition coefficient (Wildman–Crippen LogP) is 3.55. The van der Waals surface area contributed by atoms with Crippen molar-refractivity contribution in [2.24, 2.45) is 0 Å². The van der Waals surface area contributed by atoms with Crippen molar-refractivity contribution in [3.05, 3.63) is 90.1 Å². The first-order valence-electron chi connectivity index (χ1n) is 10.5. The van der Waals surface area contributed by atoms with Gasteiger partial charge < -0.3 is 19.9 Å². The molecule has 0 radical (unpaired) electrons. The number of nitrogens with zero attached hydrogens (tertiary/aromatic N) is 2. The van der Waals surface area contributed by atoms with Crippen LogP contribution in [-0.4, -0.2) is 47.2 Å². The van der Waals surface area contributed by atoms with E-state index >= 15 is 0 Å². The number of fused-ring (bicyclic) bond motifs is 1. The van der Waals surface area contributed by atoms with Crippen molar-refractivity contribution in [1.29, 1.82) is 0 Å². The molecule has 1 aromatic heterocycles. The van der Waals surface area contributed by atoms with Crippen LogP contribution >= 0.6 is 0 Å². The zero-order chi connectivity index (χ0) is 24.1. The molecule has 1 amide bonds. The van der Waals surface area contributed by atoms with Crippen molar-refractivity contribution in [2.45, 2.75) is 12.1 Å². The van der Waals surface area contributed by atoms with Gasteiger partial charge in [-0.3, -0.25) is 4.79 Å². The van der Waals surface area contributed by atoms with Crippen LogP contribution in [0.4, 0.5) is 8.78 Å². The third-order valence-electron chi connectivity index (χ3n) is 5.23. The predicted molar refractivity (Wildman–Crippen MR) is 122 cm³/mol. The Hall–Kier alpha value is -3.82. The lowest BCUT2D eigenvalue weighted by molar-refractivity contribution is -0.126. The first-order chi connectivity index (χ1) is 16.5. The van der Waals surface area contributed by atoms with Crippen LogP contribution in [0.2, 0.25) is 0 Å². The number of hydrogen-bond acceptors (Lipinski definition) is 5. The third kappa shape index (κ3) is 5.22. The average Bonchev–Trinajstić information content (AvgIpc) is 3.25. The van der Waals surface area contributed by atoms with Crippen LogP contribution in [0.15, 0.2) is 72.9 Å². The summed E-state index contributed by atoms with van der Waals surface area (Å²) in [4.78, 5) is 12.1. The van der Waals surface area contributed by atoms with Crippen molar-refractivity contribution < 1.29 is 28.2 Å². The van der Waals surface area contributed by atoms with E-state index in [0.717, 1.165) is 10.9 Å². The Morgan fingerprint density at radius 1 is 1.09 bits per heavy atom. The summed E-state index contributed by atoms with van der Waals surface area (Å²) in [5.41, 5.74) is 1.91. The van der Waals surface area contributed by atoms with E-state index in [1.807, 2.05) is 0 Å². The van der Waals surface area contributed by atoms with Gasteiger partial charge in [0.05, 0.1) is 30.0 Å². The van der Waals surface area contributed by atoms with Crippen LogP contribution < -0.4 is 10.1 Å².